The van der Waals surface area contributed by atoms with Gasteiger partial charge in [0.05, 0.1) is 45.3 Å². The maximum atomic E-state index is 9.08. The zero-order valence-corrected chi connectivity index (χ0v) is 56.0. The van der Waals surface area contributed by atoms with E-state index in [9.17, 15) is 0 Å². The van der Waals surface area contributed by atoms with Gasteiger partial charge in [0.2, 0.25) is 11.4 Å². The molecule has 7 aromatic rings. The predicted octanol–water partition coefficient (Wildman–Crippen LogP) is 15.0. The largest absolute Gasteiger partial charge is 0.748 e. The number of rotatable bonds is 10. The lowest BCUT2D eigenvalue weighted by Gasteiger charge is -2.32. The third-order valence-electron chi connectivity index (χ3n) is 20.5. The summed E-state index contributed by atoms with van der Waals surface area (Å²) in [5, 5.41) is 5.48. The summed E-state index contributed by atoms with van der Waals surface area (Å²) in [5.74, 6) is 1.81. The van der Waals surface area contributed by atoms with E-state index in [2.05, 4.69) is 233 Å². The Morgan fingerprint density at radius 1 is 0.522 bits per heavy atom. The Morgan fingerprint density at radius 2 is 0.867 bits per heavy atom. The molecule has 0 amide bonds. The normalized spacial score (nSPS) is 21.6. The molecule has 7 aromatic carbocycles. The molecule has 6 aliphatic rings. The highest BCUT2D eigenvalue weighted by Gasteiger charge is 2.53. The van der Waals surface area contributed by atoms with Crippen LogP contribution in [0.25, 0.3) is 21.5 Å². The van der Waals surface area contributed by atoms with Gasteiger partial charge in [-0.25, -0.2) is 16.8 Å². The summed E-state index contributed by atoms with van der Waals surface area (Å²) in [7, 11) is 4.87. The van der Waals surface area contributed by atoms with E-state index in [-0.39, 0.29) is 21.7 Å². The lowest BCUT2D eigenvalue weighted by Crippen LogP contribution is -2.36. The number of hydrogen-bond acceptors (Lipinski definition) is 10. The van der Waals surface area contributed by atoms with Gasteiger partial charge in [0.15, 0.2) is 11.4 Å². The molecule has 4 aliphatic heterocycles. The second-order valence-corrected chi connectivity index (χ2v) is 29.2. The van der Waals surface area contributed by atoms with Gasteiger partial charge in [-0.1, -0.05) is 123 Å². The molecule has 0 N–H and O–H groups in total. The van der Waals surface area contributed by atoms with Crippen LogP contribution in [0.5, 0.6) is 11.5 Å². The van der Waals surface area contributed by atoms with Crippen molar-refractivity contribution in [3.63, 3.8) is 0 Å². The Balaban J connectivity index is 0.000000775. The predicted molar refractivity (Wildman–Crippen MR) is 366 cm³/mol. The number of likely N-dealkylation sites (N-methyl/N-ethyl adjacent to an activating group) is 2. The number of benzene rings is 7. The quantitative estimate of drug-likeness (QED) is 0.0958. The van der Waals surface area contributed by atoms with Crippen LogP contribution in [0.2, 0.25) is 0 Å². The van der Waals surface area contributed by atoms with Crippen molar-refractivity contribution in [2.75, 3.05) is 64.7 Å². The van der Waals surface area contributed by atoms with Crippen LogP contribution in [0.4, 0.5) is 22.7 Å². The van der Waals surface area contributed by atoms with Gasteiger partial charge in [0.25, 0.3) is 0 Å². The molecule has 4 heterocycles. The molecule has 0 radical (unpaired) electrons. The first-order valence-electron chi connectivity index (χ1n) is 31.5. The van der Waals surface area contributed by atoms with Crippen LogP contribution in [-0.4, -0.2) is 101 Å². The highest BCUT2D eigenvalue weighted by molar-refractivity contribution is 7.85. The van der Waals surface area contributed by atoms with Crippen LogP contribution in [0.15, 0.2) is 169 Å². The summed E-state index contributed by atoms with van der Waals surface area (Å²) < 4.78 is 71.5. The van der Waals surface area contributed by atoms with E-state index in [1.54, 1.807) is 14.2 Å². The molecule has 0 aromatic heterocycles. The SMILES string of the molecule is COc1cc(C)c2c(c1)C(C)(Cc1ccc(CC3(C)C(=CC=CC4=[N+](C)c5ccc6ccccc6c5C45CCCCC5)N(C)c4c(C)cc(OC)cc43)cc1)C(=CC=CC1=[N+](C)c3ccc4ccccc4c3C13CCCCC3)N2C.CS(=O)(=O)[O-].CS(=O)(=O)[O-]. The molecule has 14 heteroatoms. The van der Waals surface area contributed by atoms with Gasteiger partial charge in [-0.2, -0.15) is 9.15 Å². The molecule has 2 spiro atoms. The summed E-state index contributed by atoms with van der Waals surface area (Å²) >= 11 is 0. The van der Waals surface area contributed by atoms with E-state index in [1.807, 2.05) is 0 Å². The van der Waals surface area contributed by atoms with E-state index >= 15 is 0 Å². The smallest absolute Gasteiger partial charge is 0.210 e. The number of methoxy groups -OCH3 is 2. The number of ether oxygens (including phenoxy) is 2. The topological polar surface area (TPSA) is 145 Å². The molecule has 2 aliphatic carbocycles. The number of aryl methyl sites for hydroxylation is 2. The van der Waals surface area contributed by atoms with Gasteiger partial charge >= 0.3 is 0 Å². The Hall–Kier alpha value is -7.62. The van der Waals surface area contributed by atoms with Crippen LogP contribution in [0.1, 0.15) is 123 Å². The number of allylic oxidation sites excluding steroid dienone is 8. The average Bonchev–Trinajstić information content (AvgIpc) is 1.58. The number of anilines is 2. The van der Waals surface area contributed by atoms with Crippen molar-refractivity contribution >= 4 is 76.0 Å². The van der Waals surface area contributed by atoms with Crippen molar-refractivity contribution in [3.05, 3.63) is 214 Å². The molecule has 0 saturated heterocycles. The monoisotopic (exact) mass is 1250 g/mol. The van der Waals surface area contributed by atoms with Crippen LogP contribution in [0, 0.1) is 13.8 Å². The summed E-state index contributed by atoms with van der Waals surface area (Å²) in [6.45, 7) is 9.37. The second-order valence-electron chi connectivity index (χ2n) is 26.4. The van der Waals surface area contributed by atoms with E-state index in [1.165, 1.54) is 176 Å². The molecule has 12 nitrogen and oxygen atoms in total. The Morgan fingerprint density at radius 3 is 1.21 bits per heavy atom. The highest BCUT2D eigenvalue weighted by Crippen LogP contribution is 2.56. The maximum Gasteiger partial charge on any atom is 0.210 e. The molecule has 2 atom stereocenters. The molecule has 2 unspecified atom stereocenters. The molecular weight excluding hydrogens is 1160 g/mol. The van der Waals surface area contributed by atoms with E-state index in [4.69, 9.17) is 35.4 Å². The zero-order chi connectivity index (χ0) is 64.3. The zero-order valence-electron chi connectivity index (χ0n) is 54.4. The van der Waals surface area contributed by atoms with Crippen molar-refractivity contribution < 1.29 is 44.6 Å². The average molecular weight is 1250 g/mol. The first-order chi connectivity index (χ1) is 42.7. The fourth-order valence-corrected chi connectivity index (χ4v) is 16.8. The number of fused-ring (bicyclic) bond motifs is 10. The molecule has 470 valence electrons. The summed E-state index contributed by atoms with van der Waals surface area (Å²) in [4.78, 5) is 4.91. The van der Waals surface area contributed by atoms with Crippen LogP contribution in [-0.2, 0) is 54.7 Å². The standard InChI is InChI=1S/C74H80N4O2.2CH4O3S/c1-49-43-55(79-9)45-59-69(49)77(7)63(27-21-29-65-73(39-17-11-18-40-73)67-57-25-15-13-23-53(57)35-37-61(67)75(65)5)71(59,3)47-51-31-33-52(34-32-51)48-72(4)60-46-56(80-10)44-50(2)70(60)78(8)64(72)28-22-30-66-74(41-19-12-20-42-74)68-58-26-16-14-24-54(58)36-38-62(68)76(66)6;2*1-5(2,3)4/h13-16,21-38,43-46H,11-12,17-20,39-42,47-48H2,1-10H3;2*1H3,(H,2,3,4)/q+2;;/p-2. The fraction of sp³-hybridized carbons (Fsp3) is 0.368. The van der Waals surface area contributed by atoms with Crippen LogP contribution in [0.3, 0.4) is 0 Å². The van der Waals surface area contributed by atoms with Gasteiger partial charge in [0, 0.05) is 95.6 Å². The Kier molecular flexibility index (Phi) is 17.4. The van der Waals surface area contributed by atoms with E-state index in [0.29, 0.717) is 12.5 Å². The Bertz CT molecular complexity index is 4130. The minimum Gasteiger partial charge on any atom is -0.748 e. The van der Waals surface area contributed by atoms with Crippen molar-refractivity contribution in [1.82, 2.24) is 0 Å². The van der Waals surface area contributed by atoms with Gasteiger partial charge in [-0.15, -0.1) is 0 Å². The summed E-state index contributed by atoms with van der Waals surface area (Å²) in [5.41, 5.74) is 20.9. The Labute approximate surface area is 533 Å². The lowest BCUT2D eigenvalue weighted by molar-refractivity contribution is -0.401. The number of nitrogens with zero attached hydrogens (tertiary/aromatic N) is 4. The summed E-state index contributed by atoms with van der Waals surface area (Å²) in [6.07, 6.45) is 29.8. The fourth-order valence-electron chi connectivity index (χ4n) is 16.8. The second kappa shape index (κ2) is 24.5. The van der Waals surface area contributed by atoms with Gasteiger partial charge in [-0.05, 0) is 170 Å². The third kappa shape index (κ3) is 11.7. The van der Waals surface area contributed by atoms with Crippen molar-refractivity contribution in [2.24, 2.45) is 0 Å². The molecule has 2 fully saturated rings. The third-order valence-corrected chi connectivity index (χ3v) is 20.5. The molecule has 0 bridgehead atoms. The van der Waals surface area contributed by atoms with Gasteiger partial charge in [0.1, 0.15) is 25.6 Å². The van der Waals surface area contributed by atoms with Crippen molar-refractivity contribution in [3.8, 4) is 11.5 Å². The van der Waals surface area contributed by atoms with Crippen LogP contribution >= 0.6 is 0 Å². The van der Waals surface area contributed by atoms with E-state index < -0.39 is 20.2 Å². The molecule has 90 heavy (non-hydrogen) atoms. The van der Waals surface area contributed by atoms with Crippen LogP contribution < -0.4 is 19.3 Å². The van der Waals surface area contributed by atoms with E-state index in [0.717, 1.165) is 24.3 Å². The minimum absolute atomic E-state index is 0.00973. The highest BCUT2D eigenvalue weighted by atomic mass is 32.2. The minimum atomic E-state index is -3.92. The lowest BCUT2D eigenvalue weighted by atomic mass is 9.66. The first-order valence-corrected chi connectivity index (χ1v) is 35.2. The van der Waals surface area contributed by atoms with Gasteiger partial charge in [-0.3, -0.25) is 0 Å². The summed E-state index contributed by atoms with van der Waals surface area (Å²) in [6, 6.07) is 46.0. The van der Waals surface area contributed by atoms with Gasteiger partial charge < -0.3 is 28.4 Å². The maximum absolute atomic E-state index is 9.08. The molecule has 13 rings (SSSR count). The van der Waals surface area contributed by atoms with Crippen molar-refractivity contribution in [2.45, 2.75) is 126 Å². The van der Waals surface area contributed by atoms with Crippen molar-refractivity contribution in [1.29, 1.82) is 0 Å². The number of hydrogen-bond donors (Lipinski definition) is 0. The first kappa shape index (κ1) is 63.9. The molecular formula is C76H86N4O8S2. The molecule has 2 saturated carbocycles.